The van der Waals surface area contributed by atoms with Gasteiger partial charge in [-0.25, -0.2) is 0 Å². The van der Waals surface area contributed by atoms with Gasteiger partial charge in [-0.3, -0.25) is 9.69 Å². The molecule has 3 aromatic rings. The van der Waals surface area contributed by atoms with Crippen molar-refractivity contribution >= 4 is 51.7 Å². The van der Waals surface area contributed by atoms with Gasteiger partial charge in [0.2, 0.25) is 0 Å². The summed E-state index contributed by atoms with van der Waals surface area (Å²) in [6.07, 6.45) is 4.87. The fraction of sp³-hybridized carbons (Fsp3) is 0.423. The molecule has 0 bridgehead atoms. The zero-order valence-electron chi connectivity index (χ0n) is 21.3. The van der Waals surface area contributed by atoms with Crippen molar-refractivity contribution < 1.29 is 17.4 Å². The van der Waals surface area contributed by atoms with Crippen LogP contribution in [0, 0.1) is 0 Å². The lowest BCUT2D eigenvalue weighted by Gasteiger charge is -2.26. The number of hydrogen-bond acceptors (Lipinski definition) is 6. The predicted molar refractivity (Wildman–Crippen MR) is 151 cm³/mol. The van der Waals surface area contributed by atoms with E-state index in [2.05, 4.69) is 39.5 Å². The van der Waals surface area contributed by atoms with Crippen LogP contribution in [0.2, 0.25) is 0 Å². The highest BCUT2D eigenvalue weighted by Gasteiger charge is 2.31. The summed E-state index contributed by atoms with van der Waals surface area (Å²) < 4.78 is 29.4. The highest BCUT2D eigenvalue weighted by atomic mass is 35.5. The van der Waals surface area contributed by atoms with Crippen molar-refractivity contribution in [3.63, 3.8) is 0 Å². The maximum absolute atomic E-state index is 12.9. The molecule has 37 heavy (non-hydrogen) atoms. The molecule has 0 spiro atoms. The Bertz CT molecular complexity index is 1400. The van der Waals surface area contributed by atoms with Gasteiger partial charge in [0.25, 0.3) is 5.91 Å². The van der Waals surface area contributed by atoms with Crippen LogP contribution in [0.1, 0.15) is 46.3 Å². The Hall–Kier alpha value is -2.30. The summed E-state index contributed by atoms with van der Waals surface area (Å²) in [5.74, 6) is 0.0208. The number of nitrogens with zero attached hydrogens (tertiary/aromatic N) is 2. The van der Waals surface area contributed by atoms with E-state index < -0.39 is 10.1 Å². The molecular formula is C26H34Cl2N4O4S. The normalized spacial score (nSPS) is 15.7. The smallest absolute Gasteiger partial charge is 0.306 e. The summed E-state index contributed by atoms with van der Waals surface area (Å²) in [4.78, 5) is 20.8. The van der Waals surface area contributed by atoms with Crippen LogP contribution < -0.4 is 9.50 Å². The summed E-state index contributed by atoms with van der Waals surface area (Å²) >= 11 is 0. The molecule has 202 valence electrons. The minimum atomic E-state index is -3.76. The number of benzene rings is 2. The second kappa shape index (κ2) is 11.6. The Labute approximate surface area is 230 Å². The number of carbonyl (C=O) groups excluding carboxylic acids is 1. The fourth-order valence-corrected chi connectivity index (χ4v) is 5.70. The molecule has 0 unspecified atom stereocenters. The third kappa shape index (κ3) is 6.41. The van der Waals surface area contributed by atoms with Crippen molar-refractivity contribution in [3.05, 3.63) is 52.6 Å². The number of H-pyrrole nitrogens is 1. The van der Waals surface area contributed by atoms with Crippen molar-refractivity contribution in [3.8, 4) is 17.0 Å². The Morgan fingerprint density at radius 2 is 1.78 bits per heavy atom. The van der Waals surface area contributed by atoms with E-state index in [1.807, 2.05) is 25.1 Å². The summed E-state index contributed by atoms with van der Waals surface area (Å²) in [6, 6.07) is 10.4. The number of aromatic amines is 1. The number of likely N-dealkylation sites (tertiary alicyclic amines) is 1. The van der Waals surface area contributed by atoms with Gasteiger partial charge in [-0.05, 0) is 69.9 Å². The van der Waals surface area contributed by atoms with Crippen LogP contribution in [0.4, 0.5) is 0 Å². The number of rotatable bonds is 7. The highest BCUT2D eigenvalue weighted by molar-refractivity contribution is 7.86. The van der Waals surface area contributed by atoms with E-state index in [1.54, 1.807) is 0 Å². The first-order valence-electron chi connectivity index (χ1n) is 12.0. The molecule has 2 aliphatic heterocycles. The monoisotopic (exact) mass is 568 g/mol. The van der Waals surface area contributed by atoms with Crippen LogP contribution in [0.25, 0.3) is 22.2 Å². The number of aromatic nitrogens is 1. The number of piperidine rings is 1. The maximum atomic E-state index is 12.9. The average molecular weight is 570 g/mol. The zero-order valence-corrected chi connectivity index (χ0v) is 23.7. The molecular weight excluding hydrogens is 535 g/mol. The molecule has 0 atom stereocenters. The molecule has 2 N–H and O–H groups in total. The minimum absolute atomic E-state index is 0. The zero-order chi connectivity index (χ0) is 24.7. The summed E-state index contributed by atoms with van der Waals surface area (Å²) in [5.41, 5.74) is 5.62. The molecule has 11 heteroatoms. The minimum Gasteiger partial charge on any atom is -0.382 e. The lowest BCUT2D eigenvalue weighted by Crippen LogP contribution is -2.28. The van der Waals surface area contributed by atoms with E-state index in [-0.39, 0.29) is 43.0 Å². The van der Waals surface area contributed by atoms with E-state index in [0.29, 0.717) is 17.7 Å². The van der Waals surface area contributed by atoms with E-state index >= 15 is 0 Å². The second-order valence-corrected chi connectivity index (χ2v) is 11.5. The van der Waals surface area contributed by atoms with Crippen molar-refractivity contribution in [2.75, 3.05) is 33.4 Å². The topological polar surface area (TPSA) is 94.7 Å². The Morgan fingerprint density at radius 3 is 2.46 bits per heavy atom. The fourth-order valence-electron chi connectivity index (χ4n) is 5.19. The predicted octanol–water partition coefficient (Wildman–Crippen LogP) is 4.31. The molecule has 0 saturated carbocycles. The number of halogens is 2. The summed E-state index contributed by atoms with van der Waals surface area (Å²) in [7, 11) is 0.0611. The van der Waals surface area contributed by atoms with E-state index in [1.165, 1.54) is 24.8 Å². The first-order chi connectivity index (χ1) is 16.7. The van der Waals surface area contributed by atoms with Crippen molar-refractivity contribution in [2.24, 2.45) is 0 Å². The molecule has 2 aliphatic rings. The van der Waals surface area contributed by atoms with Crippen LogP contribution in [0.5, 0.6) is 5.75 Å². The number of fused-ring (bicyclic) bond motifs is 2. The summed E-state index contributed by atoms with van der Waals surface area (Å²) in [5, 5.41) is 3.93. The van der Waals surface area contributed by atoms with Gasteiger partial charge in [0.05, 0.1) is 11.8 Å². The molecule has 5 rings (SSSR count). The molecule has 1 fully saturated rings. The second-order valence-electron chi connectivity index (χ2n) is 9.92. The van der Waals surface area contributed by atoms with Crippen molar-refractivity contribution in [1.29, 1.82) is 0 Å². The number of hydrogen-bond donors (Lipinski definition) is 2. The van der Waals surface area contributed by atoms with Gasteiger partial charge >= 0.3 is 10.1 Å². The molecule has 1 aromatic heterocycles. The molecule has 0 radical (unpaired) electrons. The standard InChI is InChI=1S/C26H32N4O4S.2ClH/c1-29(2)16-19-12-20(24-21(14-27-26(24)31)25(19)34-35(3,32)33)23-13-18-11-17(7-8-22(18)28-23)15-30-9-5-4-6-10-30;;/h7-8,11-13,28H,4-6,9-10,14-16H2,1-3H3,(H,27,31);2*1H. The quantitative estimate of drug-likeness (QED) is 0.412. The van der Waals surface area contributed by atoms with Gasteiger partial charge in [-0.15, -0.1) is 24.8 Å². The highest BCUT2D eigenvalue weighted by Crippen LogP contribution is 2.40. The van der Waals surface area contributed by atoms with Gasteiger partial charge in [0.1, 0.15) is 0 Å². The van der Waals surface area contributed by atoms with Crippen molar-refractivity contribution in [1.82, 2.24) is 20.1 Å². The molecule has 1 amide bonds. The molecule has 3 heterocycles. The van der Waals surface area contributed by atoms with Gasteiger partial charge in [-0.1, -0.05) is 12.5 Å². The third-order valence-corrected chi connectivity index (χ3v) is 7.13. The SMILES string of the molecule is CN(C)Cc1cc(-c2cc3cc(CN4CCCCC4)ccc3[nH]2)c2c(c1OS(C)(=O)=O)CNC2=O.Cl.Cl. The molecule has 1 saturated heterocycles. The van der Waals surface area contributed by atoms with E-state index in [0.717, 1.165) is 53.6 Å². The first-order valence-corrected chi connectivity index (χ1v) is 13.8. The Morgan fingerprint density at radius 1 is 1.05 bits per heavy atom. The van der Waals surface area contributed by atoms with E-state index in [9.17, 15) is 13.2 Å². The van der Waals surface area contributed by atoms with Gasteiger partial charge in [0.15, 0.2) is 5.75 Å². The Balaban J connectivity index is 0.00000190. The number of amides is 1. The van der Waals surface area contributed by atoms with Crippen LogP contribution in [-0.4, -0.2) is 62.5 Å². The first kappa shape index (κ1) is 29.3. The molecule has 0 aliphatic carbocycles. The van der Waals surface area contributed by atoms with Crippen LogP contribution in [0.15, 0.2) is 30.3 Å². The lowest BCUT2D eigenvalue weighted by molar-refractivity contribution is 0.0966. The number of nitrogens with one attached hydrogen (secondary N) is 2. The van der Waals surface area contributed by atoms with Gasteiger partial charge in [0, 0.05) is 52.9 Å². The van der Waals surface area contributed by atoms with Crippen molar-refractivity contribution in [2.45, 2.75) is 38.9 Å². The lowest BCUT2D eigenvalue weighted by atomic mass is 9.95. The van der Waals surface area contributed by atoms with Gasteiger partial charge in [-0.2, -0.15) is 8.42 Å². The van der Waals surface area contributed by atoms with Crippen LogP contribution in [0.3, 0.4) is 0 Å². The van der Waals surface area contributed by atoms with Gasteiger partial charge < -0.3 is 19.4 Å². The Kier molecular flexibility index (Phi) is 9.18. The van der Waals surface area contributed by atoms with Crippen LogP contribution >= 0.6 is 24.8 Å². The molecule has 2 aromatic carbocycles. The number of carbonyl (C=O) groups is 1. The average Bonchev–Trinajstić information content (AvgIpc) is 3.38. The summed E-state index contributed by atoms with van der Waals surface area (Å²) in [6.45, 7) is 3.94. The largest absolute Gasteiger partial charge is 0.382 e. The maximum Gasteiger partial charge on any atom is 0.306 e. The van der Waals surface area contributed by atoms with Crippen LogP contribution in [-0.2, 0) is 29.8 Å². The third-order valence-electron chi connectivity index (χ3n) is 6.66. The van der Waals surface area contributed by atoms with E-state index in [4.69, 9.17) is 4.18 Å². The molecule has 8 nitrogen and oxygen atoms in total.